The highest BCUT2D eigenvalue weighted by Crippen LogP contribution is 2.51. The monoisotopic (exact) mass is 660 g/mol. The number of nitrogens with zero attached hydrogens (tertiary/aromatic N) is 3. The summed E-state index contributed by atoms with van der Waals surface area (Å²) in [6.45, 7) is 1.27. The fraction of sp³-hybridized carbons (Fsp3) is 0.433. The molecule has 0 amide bonds. The zero-order valence-corrected chi connectivity index (χ0v) is 24.9. The Kier molecular flexibility index (Phi) is 10.3. The summed E-state index contributed by atoms with van der Waals surface area (Å²) in [5, 5.41) is 90.0. The smallest absolute Gasteiger partial charge is 0.334 e. The van der Waals surface area contributed by atoms with Gasteiger partial charge in [0.25, 0.3) is 0 Å². The minimum Gasteiger partial charge on any atom is -0.508 e. The molecule has 5 rings (SSSR count). The number of esters is 1. The van der Waals surface area contributed by atoms with E-state index in [1.165, 1.54) is 10.7 Å². The Morgan fingerprint density at radius 2 is 1.74 bits per heavy atom. The number of carbonyl (C=O) groups is 1. The maximum absolute atomic E-state index is 13.5. The summed E-state index contributed by atoms with van der Waals surface area (Å²) in [4.78, 5) is 13.5. The summed E-state index contributed by atoms with van der Waals surface area (Å²) >= 11 is 0. The predicted octanol–water partition coefficient (Wildman–Crippen LogP) is -0.460. The molecule has 0 fully saturated rings. The average molecular weight is 661 g/mol. The Morgan fingerprint density at radius 1 is 1.00 bits per heavy atom. The second-order valence-corrected chi connectivity index (χ2v) is 11.1. The molecule has 1 aliphatic carbocycles. The number of benzene rings is 2. The van der Waals surface area contributed by atoms with Crippen molar-refractivity contribution in [3.63, 3.8) is 0 Å². The van der Waals surface area contributed by atoms with E-state index in [0.29, 0.717) is 31.9 Å². The zero-order valence-electron chi connectivity index (χ0n) is 24.9. The summed E-state index contributed by atoms with van der Waals surface area (Å²) in [5.41, 5.74) is 5.91. The first-order valence-corrected chi connectivity index (χ1v) is 14.7. The van der Waals surface area contributed by atoms with E-state index < -0.39 is 65.6 Å². The van der Waals surface area contributed by atoms with Gasteiger partial charge in [-0.05, 0) is 18.2 Å². The fourth-order valence-corrected chi connectivity index (χ4v) is 5.35. The van der Waals surface area contributed by atoms with Gasteiger partial charge in [0.1, 0.15) is 35.6 Å². The quantitative estimate of drug-likeness (QED) is 0.0675. The molecule has 1 aromatic heterocycles. The number of aromatic hydroxyl groups is 5. The minimum absolute atomic E-state index is 0.00331. The van der Waals surface area contributed by atoms with Gasteiger partial charge in [-0.15, -0.1) is 5.10 Å². The van der Waals surface area contributed by atoms with Gasteiger partial charge in [-0.3, -0.25) is 0 Å². The van der Waals surface area contributed by atoms with Crippen molar-refractivity contribution in [2.24, 2.45) is 5.73 Å². The molecule has 17 heteroatoms. The average Bonchev–Trinajstić information content (AvgIpc) is 3.48. The van der Waals surface area contributed by atoms with Gasteiger partial charge in [0.2, 0.25) is 0 Å². The molecule has 6 unspecified atom stereocenters. The summed E-state index contributed by atoms with van der Waals surface area (Å²) < 4.78 is 25.0. The SMILES string of the molecule is NCCOCCc1cn(CCOC2c3c(O)cc(O)cc3OC(c3cc(O)c(O)c(O)c3)C2OC(=O)C2=CC(O)C(O)C(O)C2)nn1. The van der Waals surface area contributed by atoms with Crippen molar-refractivity contribution in [2.75, 3.05) is 26.4 Å². The third-order valence-corrected chi connectivity index (χ3v) is 7.68. The molecule has 2 heterocycles. The van der Waals surface area contributed by atoms with Crippen LogP contribution in [0.5, 0.6) is 34.5 Å². The Labute approximate surface area is 267 Å². The molecule has 3 aromatic rings. The number of phenolic OH excluding ortho intramolecular Hbond substituents is 5. The lowest BCUT2D eigenvalue weighted by molar-refractivity contribution is -0.169. The van der Waals surface area contributed by atoms with Gasteiger partial charge in [-0.1, -0.05) is 5.21 Å². The highest BCUT2D eigenvalue weighted by Gasteiger charge is 2.46. The maximum Gasteiger partial charge on any atom is 0.334 e. The van der Waals surface area contributed by atoms with Gasteiger partial charge in [0.05, 0.1) is 43.7 Å². The van der Waals surface area contributed by atoms with Crippen molar-refractivity contribution in [3.8, 4) is 34.5 Å². The number of rotatable bonds is 12. The molecular weight excluding hydrogens is 624 g/mol. The number of fused-ring (bicyclic) bond motifs is 1. The van der Waals surface area contributed by atoms with Crippen molar-refractivity contribution < 1.29 is 64.6 Å². The largest absolute Gasteiger partial charge is 0.508 e. The first-order chi connectivity index (χ1) is 22.5. The third-order valence-electron chi connectivity index (χ3n) is 7.68. The van der Waals surface area contributed by atoms with E-state index in [4.69, 9.17) is 24.7 Å². The summed E-state index contributed by atoms with van der Waals surface area (Å²) in [6.07, 6.45) is -5.88. The molecule has 0 bridgehead atoms. The van der Waals surface area contributed by atoms with E-state index >= 15 is 0 Å². The van der Waals surface area contributed by atoms with Gasteiger partial charge in [-0.25, -0.2) is 9.48 Å². The number of aliphatic hydroxyl groups excluding tert-OH is 3. The van der Waals surface area contributed by atoms with Crippen LogP contribution in [0.4, 0.5) is 0 Å². The van der Waals surface area contributed by atoms with E-state index in [0.717, 1.165) is 24.3 Å². The lowest BCUT2D eigenvalue weighted by Crippen LogP contribution is -2.43. The van der Waals surface area contributed by atoms with Crippen molar-refractivity contribution in [3.05, 3.63) is 58.9 Å². The first kappa shape index (κ1) is 33.7. The standard InChI is InChI=1S/C30H36N4O13/c31-2-5-44-4-1-16-13-34(33-32-16)3-6-45-28-24-18(36)11-17(35)12-23(24)46-27(14-7-19(37)25(41)20(38)8-14)29(28)47-30(43)15-9-21(39)26(42)22(40)10-15/h7-9,11-13,21-22,26-29,35-42H,1-6,10,31H2. The van der Waals surface area contributed by atoms with Crippen molar-refractivity contribution in [1.82, 2.24) is 15.0 Å². The molecular formula is C30H36N4O13. The van der Waals surface area contributed by atoms with Gasteiger partial charge in [0.15, 0.2) is 29.5 Å². The number of aliphatic hydroxyl groups is 3. The zero-order chi connectivity index (χ0) is 33.8. The maximum atomic E-state index is 13.5. The van der Waals surface area contributed by atoms with Gasteiger partial charge < -0.3 is 65.5 Å². The number of ether oxygens (including phenoxy) is 4. The van der Waals surface area contributed by atoms with Crippen molar-refractivity contribution in [1.29, 1.82) is 0 Å². The van der Waals surface area contributed by atoms with Gasteiger partial charge in [0, 0.05) is 48.9 Å². The molecule has 0 saturated heterocycles. The molecule has 2 aliphatic rings. The van der Waals surface area contributed by atoms with E-state index in [-0.39, 0.29) is 47.8 Å². The Balaban J connectivity index is 1.47. The Morgan fingerprint density at radius 3 is 2.45 bits per heavy atom. The molecule has 1 aliphatic heterocycles. The first-order valence-electron chi connectivity index (χ1n) is 14.7. The molecule has 6 atom stereocenters. The number of hydrogen-bond donors (Lipinski definition) is 9. The Hall–Kier alpha value is -4.65. The fourth-order valence-electron chi connectivity index (χ4n) is 5.35. The van der Waals surface area contributed by atoms with E-state index in [2.05, 4.69) is 10.3 Å². The molecule has 47 heavy (non-hydrogen) atoms. The number of nitrogens with two attached hydrogens (primary N) is 1. The van der Waals surface area contributed by atoms with Gasteiger partial charge >= 0.3 is 5.97 Å². The van der Waals surface area contributed by atoms with Crippen LogP contribution in [-0.2, 0) is 32.0 Å². The summed E-state index contributed by atoms with van der Waals surface area (Å²) in [7, 11) is 0. The van der Waals surface area contributed by atoms with Crippen molar-refractivity contribution >= 4 is 5.97 Å². The van der Waals surface area contributed by atoms with Crippen LogP contribution in [0, 0.1) is 0 Å². The second kappa shape index (κ2) is 14.4. The Bertz CT molecular complexity index is 1590. The number of aromatic nitrogens is 3. The van der Waals surface area contributed by atoms with Crippen LogP contribution in [0.15, 0.2) is 42.1 Å². The van der Waals surface area contributed by atoms with Crippen LogP contribution in [0.25, 0.3) is 0 Å². The lowest BCUT2D eigenvalue weighted by Gasteiger charge is -2.39. The topological polar surface area (TPSA) is 273 Å². The predicted molar refractivity (Wildman–Crippen MR) is 157 cm³/mol. The number of phenols is 5. The minimum atomic E-state index is -1.56. The molecule has 17 nitrogen and oxygen atoms in total. The van der Waals surface area contributed by atoms with Crippen LogP contribution >= 0.6 is 0 Å². The summed E-state index contributed by atoms with van der Waals surface area (Å²) in [5.74, 6) is -4.20. The normalized spacial score (nSPS) is 23.9. The third kappa shape index (κ3) is 7.51. The highest BCUT2D eigenvalue weighted by atomic mass is 16.6. The van der Waals surface area contributed by atoms with Crippen LogP contribution < -0.4 is 10.5 Å². The summed E-state index contributed by atoms with van der Waals surface area (Å²) in [6, 6.07) is 4.33. The number of carbonyl (C=O) groups excluding carboxylic acids is 1. The van der Waals surface area contributed by atoms with E-state index in [1.807, 2.05) is 0 Å². The van der Waals surface area contributed by atoms with Crippen LogP contribution in [-0.4, -0.2) is 113 Å². The molecule has 10 N–H and O–H groups in total. The number of hydrogen-bond acceptors (Lipinski definition) is 16. The van der Waals surface area contributed by atoms with Crippen LogP contribution in [0.2, 0.25) is 0 Å². The van der Waals surface area contributed by atoms with Crippen molar-refractivity contribution in [2.45, 2.75) is 56.0 Å². The lowest BCUT2D eigenvalue weighted by atomic mass is 9.90. The highest BCUT2D eigenvalue weighted by molar-refractivity contribution is 5.89. The molecule has 0 radical (unpaired) electrons. The molecule has 0 spiro atoms. The van der Waals surface area contributed by atoms with E-state index in [1.54, 1.807) is 6.20 Å². The molecule has 254 valence electrons. The van der Waals surface area contributed by atoms with Gasteiger partial charge in [-0.2, -0.15) is 0 Å². The molecule has 2 aromatic carbocycles. The van der Waals surface area contributed by atoms with Crippen LogP contribution in [0.3, 0.4) is 0 Å². The van der Waals surface area contributed by atoms with E-state index in [9.17, 15) is 45.6 Å². The van der Waals surface area contributed by atoms with Crippen LogP contribution in [0.1, 0.15) is 35.4 Å². The molecule has 0 saturated carbocycles. The second-order valence-electron chi connectivity index (χ2n) is 11.1.